The van der Waals surface area contributed by atoms with Gasteiger partial charge in [0.05, 0.1) is 50.3 Å². The smallest absolute Gasteiger partial charge is 0.160 e. The second kappa shape index (κ2) is 13.0. The van der Waals surface area contributed by atoms with Gasteiger partial charge in [-0.1, -0.05) is 115 Å². The summed E-state index contributed by atoms with van der Waals surface area (Å²) in [6.45, 7) is 0. The van der Waals surface area contributed by atoms with E-state index in [1.807, 2.05) is 102 Å². The van der Waals surface area contributed by atoms with E-state index in [9.17, 15) is 15.8 Å². The van der Waals surface area contributed by atoms with Gasteiger partial charge in [0.25, 0.3) is 0 Å². The molecule has 56 heavy (non-hydrogen) atoms. The Morgan fingerprint density at radius 3 is 1.45 bits per heavy atom. The lowest BCUT2D eigenvalue weighted by Crippen LogP contribution is -2.05. The highest BCUT2D eigenvalue weighted by Gasteiger charge is 2.25. The molecule has 0 aliphatic heterocycles. The summed E-state index contributed by atoms with van der Waals surface area (Å²) in [5.41, 5.74) is 8.93. The molecule has 0 saturated carbocycles. The van der Waals surface area contributed by atoms with Gasteiger partial charge in [-0.3, -0.25) is 0 Å². The molecule has 10 aromatic rings. The molecule has 0 saturated heterocycles. The van der Waals surface area contributed by atoms with Crippen molar-refractivity contribution in [2.45, 2.75) is 0 Å². The number of rotatable bonds is 5. The molecule has 0 fully saturated rings. The van der Waals surface area contributed by atoms with E-state index < -0.39 is 0 Å². The van der Waals surface area contributed by atoms with Crippen molar-refractivity contribution in [1.29, 1.82) is 15.8 Å². The Bertz CT molecular complexity index is 3290. The second-order valence-corrected chi connectivity index (χ2v) is 13.5. The Labute approximate surface area is 321 Å². The van der Waals surface area contributed by atoms with E-state index in [0.717, 1.165) is 60.4 Å². The molecular formula is C49H27N7. The zero-order chi connectivity index (χ0) is 37.8. The third-order valence-corrected chi connectivity index (χ3v) is 10.4. The molecule has 7 heteroatoms. The number of para-hydroxylation sites is 3. The van der Waals surface area contributed by atoms with E-state index >= 15 is 0 Å². The maximum Gasteiger partial charge on any atom is 0.160 e. The third kappa shape index (κ3) is 4.96. The van der Waals surface area contributed by atoms with Crippen molar-refractivity contribution in [3.8, 4) is 63.5 Å². The molecule has 0 unspecified atom stereocenters. The van der Waals surface area contributed by atoms with E-state index in [4.69, 9.17) is 9.97 Å². The Balaban J connectivity index is 1.28. The lowest BCUT2D eigenvalue weighted by atomic mass is 9.96. The van der Waals surface area contributed by atoms with Crippen LogP contribution in [-0.4, -0.2) is 19.1 Å². The molecule has 0 N–H and O–H groups in total. The molecule has 0 spiro atoms. The van der Waals surface area contributed by atoms with Crippen LogP contribution in [0.1, 0.15) is 16.7 Å². The van der Waals surface area contributed by atoms with Gasteiger partial charge < -0.3 is 9.13 Å². The maximum atomic E-state index is 10.9. The molecule has 0 atom stereocenters. The standard InChI is InChI=1S/C49H27N7/c50-28-34-24-33(47-41(30-52)46(31-14-4-1-5-15-31)53-49(54-47)32-16-6-2-7-17-32)25-35(29-51)48(34)56-43-23-13-11-21-38(43)40-26-39-37-20-10-12-22-42(37)55(44(39)27-45(40)56)36-18-8-3-9-19-36/h1-27H. The van der Waals surface area contributed by atoms with E-state index in [2.05, 4.69) is 77.4 Å². The van der Waals surface area contributed by atoms with Gasteiger partial charge in [-0.05, 0) is 48.5 Å². The van der Waals surface area contributed by atoms with Crippen LogP contribution < -0.4 is 0 Å². The van der Waals surface area contributed by atoms with Crippen molar-refractivity contribution >= 4 is 43.6 Å². The number of nitriles is 3. The summed E-state index contributed by atoms with van der Waals surface area (Å²) in [6, 6.07) is 60.9. The Hall–Kier alpha value is -8.31. The van der Waals surface area contributed by atoms with Crippen LogP contribution in [0.25, 0.3) is 88.9 Å². The molecule has 0 radical (unpaired) electrons. The van der Waals surface area contributed by atoms with Crippen LogP contribution in [0.4, 0.5) is 0 Å². The largest absolute Gasteiger partial charge is 0.309 e. The van der Waals surface area contributed by atoms with Crippen molar-refractivity contribution in [3.05, 3.63) is 180 Å². The van der Waals surface area contributed by atoms with E-state index in [1.165, 1.54) is 0 Å². The predicted molar refractivity (Wildman–Crippen MR) is 221 cm³/mol. The highest BCUT2D eigenvalue weighted by atomic mass is 15.0. The average Bonchev–Trinajstić information content (AvgIpc) is 3.77. The van der Waals surface area contributed by atoms with Crippen molar-refractivity contribution < 1.29 is 0 Å². The first kappa shape index (κ1) is 32.3. The molecule has 0 aliphatic carbocycles. The summed E-state index contributed by atoms with van der Waals surface area (Å²) < 4.78 is 4.30. The van der Waals surface area contributed by atoms with Gasteiger partial charge in [-0.15, -0.1) is 0 Å². The minimum atomic E-state index is 0.254. The predicted octanol–water partition coefficient (Wildman–Crippen LogP) is 11.3. The van der Waals surface area contributed by atoms with Crippen LogP contribution in [0.3, 0.4) is 0 Å². The number of benzene rings is 7. The van der Waals surface area contributed by atoms with Crippen LogP contribution in [-0.2, 0) is 0 Å². The van der Waals surface area contributed by atoms with Gasteiger partial charge >= 0.3 is 0 Å². The maximum absolute atomic E-state index is 10.9. The number of aromatic nitrogens is 4. The van der Waals surface area contributed by atoms with Gasteiger partial charge in [-0.2, -0.15) is 15.8 Å². The molecule has 0 aliphatic rings. The zero-order valence-corrected chi connectivity index (χ0v) is 29.7. The molecule has 10 rings (SSSR count). The first-order valence-corrected chi connectivity index (χ1v) is 18.1. The molecule has 0 amide bonds. The first-order valence-electron chi connectivity index (χ1n) is 18.1. The van der Waals surface area contributed by atoms with Crippen LogP contribution in [0, 0.1) is 34.0 Å². The van der Waals surface area contributed by atoms with Crippen LogP contribution in [0.15, 0.2) is 164 Å². The van der Waals surface area contributed by atoms with Crippen molar-refractivity contribution in [2.75, 3.05) is 0 Å². The Kier molecular flexibility index (Phi) is 7.49. The number of fused-ring (bicyclic) bond motifs is 6. The summed E-state index contributed by atoms with van der Waals surface area (Å²) >= 11 is 0. The van der Waals surface area contributed by atoms with Crippen LogP contribution >= 0.6 is 0 Å². The van der Waals surface area contributed by atoms with Crippen molar-refractivity contribution in [3.63, 3.8) is 0 Å². The highest BCUT2D eigenvalue weighted by molar-refractivity contribution is 6.19. The van der Waals surface area contributed by atoms with Gasteiger partial charge in [-0.25, -0.2) is 9.97 Å². The quantitative estimate of drug-likeness (QED) is 0.176. The van der Waals surface area contributed by atoms with Gasteiger partial charge in [0, 0.05) is 43.9 Å². The topological polar surface area (TPSA) is 107 Å². The highest BCUT2D eigenvalue weighted by Crippen LogP contribution is 2.42. The molecule has 258 valence electrons. The molecule has 7 aromatic carbocycles. The molecule has 7 nitrogen and oxygen atoms in total. The van der Waals surface area contributed by atoms with E-state index in [0.29, 0.717) is 28.5 Å². The summed E-state index contributed by atoms with van der Waals surface area (Å²) in [6.07, 6.45) is 0. The molecule has 0 bridgehead atoms. The van der Waals surface area contributed by atoms with Crippen LogP contribution in [0.2, 0.25) is 0 Å². The molecular weight excluding hydrogens is 687 g/mol. The minimum Gasteiger partial charge on any atom is -0.309 e. The molecule has 3 heterocycles. The number of nitrogens with zero attached hydrogens (tertiary/aromatic N) is 7. The normalized spacial score (nSPS) is 11.2. The number of hydrogen-bond acceptors (Lipinski definition) is 5. The fraction of sp³-hybridized carbons (Fsp3) is 0. The Morgan fingerprint density at radius 2 is 0.875 bits per heavy atom. The van der Waals surface area contributed by atoms with Crippen LogP contribution in [0.5, 0.6) is 0 Å². The van der Waals surface area contributed by atoms with Gasteiger partial charge in [0.1, 0.15) is 23.8 Å². The lowest BCUT2D eigenvalue weighted by molar-refractivity contribution is 1.14. The first-order chi connectivity index (χ1) is 27.7. The fourth-order valence-corrected chi connectivity index (χ4v) is 8.01. The van der Waals surface area contributed by atoms with Crippen molar-refractivity contribution in [1.82, 2.24) is 19.1 Å². The fourth-order valence-electron chi connectivity index (χ4n) is 8.01. The Morgan fingerprint density at radius 1 is 0.393 bits per heavy atom. The third-order valence-electron chi connectivity index (χ3n) is 10.4. The monoisotopic (exact) mass is 713 g/mol. The van der Waals surface area contributed by atoms with E-state index in [-0.39, 0.29) is 16.7 Å². The molecule has 3 aromatic heterocycles. The lowest BCUT2D eigenvalue weighted by Gasteiger charge is -2.16. The van der Waals surface area contributed by atoms with Gasteiger partial charge in [0.15, 0.2) is 5.82 Å². The van der Waals surface area contributed by atoms with E-state index in [1.54, 1.807) is 12.1 Å². The van der Waals surface area contributed by atoms with Crippen molar-refractivity contribution in [2.24, 2.45) is 0 Å². The van der Waals surface area contributed by atoms with Gasteiger partial charge in [0.2, 0.25) is 0 Å². The average molecular weight is 714 g/mol. The summed E-state index contributed by atoms with van der Waals surface area (Å²) in [5, 5.41) is 36.8. The summed E-state index contributed by atoms with van der Waals surface area (Å²) in [4.78, 5) is 9.83. The summed E-state index contributed by atoms with van der Waals surface area (Å²) in [7, 11) is 0. The summed E-state index contributed by atoms with van der Waals surface area (Å²) in [5.74, 6) is 0.430. The number of hydrogen-bond donors (Lipinski definition) is 0. The zero-order valence-electron chi connectivity index (χ0n) is 29.7. The SMILES string of the molecule is N#Cc1cc(-c2nc(-c3ccccc3)nc(-c3ccccc3)c2C#N)cc(C#N)c1-n1c2ccccc2c2cc3c4ccccc4n(-c4ccccc4)c3cc21. The minimum absolute atomic E-state index is 0.254. The second-order valence-electron chi connectivity index (χ2n) is 13.5.